The van der Waals surface area contributed by atoms with E-state index in [1.54, 1.807) is 6.92 Å². The second kappa shape index (κ2) is 12.1. The summed E-state index contributed by atoms with van der Waals surface area (Å²) in [4.78, 5) is 61.1. The van der Waals surface area contributed by atoms with Gasteiger partial charge in [0.25, 0.3) is 5.60 Å². The number of rotatable bonds is 12. The third-order valence-electron chi connectivity index (χ3n) is 7.45. The van der Waals surface area contributed by atoms with Crippen LogP contribution in [0.3, 0.4) is 0 Å². The molecule has 42 heavy (non-hydrogen) atoms. The molecule has 2 saturated heterocycles. The molecule has 4 unspecified atom stereocenters. The van der Waals surface area contributed by atoms with E-state index in [0.717, 1.165) is 12.6 Å². The van der Waals surface area contributed by atoms with E-state index in [9.17, 15) is 49.5 Å². The smallest absolute Gasteiger partial charge is 0.407 e. The second-order valence-corrected chi connectivity index (χ2v) is 10.2. The first-order valence-corrected chi connectivity index (χ1v) is 12.8. The van der Waals surface area contributed by atoms with Crippen molar-refractivity contribution in [2.24, 2.45) is 5.92 Å². The molecule has 2 fully saturated rings. The largest absolute Gasteiger partial charge is 0.479 e. The van der Waals surface area contributed by atoms with Gasteiger partial charge in [0.1, 0.15) is 12.2 Å². The number of hydrogen-bond donors (Lipinski definition) is 6. The lowest BCUT2D eigenvalue weighted by Gasteiger charge is -2.48. The minimum atomic E-state index is -3.88. The zero-order valence-corrected chi connectivity index (χ0v) is 23.0. The monoisotopic (exact) mass is 595 g/mol. The second-order valence-electron chi connectivity index (χ2n) is 10.2. The molecule has 8 atom stereocenters. The summed E-state index contributed by atoms with van der Waals surface area (Å²) in [6.07, 6.45) is -10.2. The number of carboxylic acid groups (broad SMARTS) is 3. The molecule has 15 nitrogen and oxygen atoms in total. The molecule has 2 aliphatic rings. The van der Waals surface area contributed by atoms with Crippen LogP contribution in [0.25, 0.3) is 0 Å². The highest BCUT2D eigenvalue weighted by atomic mass is 16.8. The van der Waals surface area contributed by atoms with Crippen LogP contribution in [0.2, 0.25) is 0 Å². The van der Waals surface area contributed by atoms with Crippen LogP contribution in [0.5, 0.6) is 0 Å². The number of aliphatic hydroxyl groups excluding tert-OH is 1. The van der Waals surface area contributed by atoms with Gasteiger partial charge in [-0.05, 0) is 24.0 Å². The molecular formula is C27H33NO14. The first-order chi connectivity index (χ1) is 19.6. The van der Waals surface area contributed by atoms with E-state index in [4.69, 9.17) is 18.9 Å². The molecule has 6 N–H and O–H groups in total. The average molecular weight is 596 g/mol. The molecule has 2 heterocycles. The number of carbonyl (C=O) groups is 5. The van der Waals surface area contributed by atoms with Crippen molar-refractivity contribution >= 4 is 30.0 Å². The topological polar surface area (TPSA) is 235 Å². The summed E-state index contributed by atoms with van der Waals surface area (Å²) in [7, 11) is 1.08. The van der Waals surface area contributed by atoms with Crippen LogP contribution in [-0.4, -0.2) is 104 Å². The van der Waals surface area contributed by atoms with Gasteiger partial charge in [-0.3, -0.25) is 4.79 Å². The molecule has 1 aromatic rings. The molecule has 0 aliphatic carbocycles. The molecule has 2 aliphatic heterocycles. The number of nitrogens with one attached hydrogen (secondary N) is 1. The third-order valence-corrected chi connectivity index (χ3v) is 7.45. The fourth-order valence-electron chi connectivity index (χ4n) is 5.47. The Labute approximate surface area is 239 Å². The Bertz CT molecular complexity index is 1250. The number of benzene rings is 1. The molecule has 230 valence electrons. The van der Waals surface area contributed by atoms with Gasteiger partial charge in [-0.25, -0.2) is 19.2 Å². The molecule has 15 heteroatoms. The molecule has 0 aromatic heterocycles. The average Bonchev–Trinajstić information content (AvgIpc) is 3.14. The summed E-state index contributed by atoms with van der Waals surface area (Å²) in [5.74, 6) is -10.3. The van der Waals surface area contributed by atoms with Crippen molar-refractivity contribution in [1.29, 1.82) is 0 Å². The standard InChI is InChI=1S/C27H33NO14/c1-13(17(39-15(3)29)14(2)12-16-8-6-5-7-9-16)10-11-25-18(30)19(40-24(37)28-4)27(42-25,23(35)36)26(38,22(33)34)20(41-25)21(31)32/h5-9,14,17-20,30,38H,1,10-12H2,2-4H3,(H,28,37)(H,31,32)(H,33,34)(H,35,36)/t14-,17-,18-,19-,20?,25?,26?,27?/m1/s1. The Hall–Kier alpha value is -4.05. The van der Waals surface area contributed by atoms with Gasteiger partial charge >= 0.3 is 30.0 Å². The number of hydrogen-bond acceptors (Lipinski definition) is 11. The molecule has 0 radical (unpaired) electrons. The summed E-state index contributed by atoms with van der Waals surface area (Å²) < 4.78 is 21.3. The maximum absolute atomic E-state index is 12.6. The van der Waals surface area contributed by atoms with E-state index in [1.165, 1.54) is 6.92 Å². The number of fused-ring (bicyclic) bond motifs is 2. The van der Waals surface area contributed by atoms with E-state index < -0.39 is 77.8 Å². The van der Waals surface area contributed by atoms with Crippen LogP contribution in [0.1, 0.15) is 32.3 Å². The van der Waals surface area contributed by atoms with Crippen LogP contribution < -0.4 is 5.32 Å². The first-order valence-electron chi connectivity index (χ1n) is 12.8. The van der Waals surface area contributed by atoms with Crippen LogP contribution in [0, 0.1) is 5.92 Å². The lowest BCUT2D eigenvalue weighted by Crippen LogP contribution is -2.78. The molecule has 0 spiro atoms. The van der Waals surface area contributed by atoms with E-state index >= 15 is 0 Å². The fourth-order valence-corrected chi connectivity index (χ4v) is 5.47. The van der Waals surface area contributed by atoms with Crippen molar-refractivity contribution < 1.29 is 68.5 Å². The number of carbonyl (C=O) groups excluding carboxylic acids is 2. The fraction of sp³-hybridized carbons (Fsp3) is 0.519. The summed E-state index contributed by atoms with van der Waals surface area (Å²) in [6.45, 7) is 6.94. The van der Waals surface area contributed by atoms with E-state index in [1.807, 2.05) is 35.6 Å². The minimum Gasteiger partial charge on any atom is -0.479 e. The van der Waals surface area contributed by atoms with E-state index in [2.05, 4.69) is 6.58 Å². The number of carboxylic acids is 3. The first kappa shape index (κ1) is 32.5. The maximum Gasteiger partial charge on any atom is 0.407 e. The van der Waals surface area contributed by atoms with Gasteiger partial charge < -0.3 is 49.8 Å². The Morgan fingerprint density at radius 3 is 2.21 bits per heavy atom. The Morgan fingerprint density at radius 1 is 1.10 bits per heavy atom. The number of aliphatic hydroxyl groups is 2. The zero-order chi connectivity index (χ0) is 31.6. The quantitative estimate of drug-likeness (QED) is 0.139. The van der Waals surface area contributed by atoms with Crippen molar-refractivity contribution in [1.82, 2.24) is 5.32 Å². The van der Waals surface area contributed by atoms with Gasteiger partial charge in [-0.2, -0.15) is 0 Å². The van der Waals surface area contributed by atoms with Gasteiger partial charge in [0.15, 0.2) is 6.10 Å². The maximum atomic E-state index is 12.6. The summed E-state index contributed by atoms with van der Waals surface area (Å²) in [6, 6.07) is 9.24. The van der Waals surface area contributed by atoms with Crippen LogP contribution in [0.15, 0.2) is 42.5 Å². The van der Waals surface area contributed by atoms with E-state index in [0.29, 0.717) is 6.42 Å². The lowest BCUT2D eigenvalue weighted by molar-refractivity contribution is -0.373. The molecule has 1 aromatic carbocycles. The van der Waals surface area contributed by atoms with Crippen molar-refractivity contribution in [2.75, 3.05) is 7.05 Å². The number of ether oxygens (including phenoxy) is 4. The molecule has 3 rings (SSSR count). The van der Waals surface area contributed by atoms with Crippen molar-refractivity contribution in [3.8, 4) is 0 Å². The highest BCUT2D eigenvalue weighted by molar-refractivity contribution is 5.98. The SMILES string of the molecule is C=C(CCC12OC(C(=O)O)C(O)(C(=O)O)C(C(=O)O)(O1)[C@H](OC(=O)NC)[C@H]2O)[C@@H](OC(C)=O)[C@H](C)Cc1ccccc1. The molecule has 1 amide bonds. The van der Waals surface area contributed by atoms with Crippen molar-refractivity contribution in [3.05, 3.63) is 48.0 Å². The van der Waals surface area contributed by atoms with Crippen LogP contribution in [-0.2, 0) is 44.5 Å². The highest BCUT2D eigenvalue weighted by Crippen LogP contribution is 2.55. The third kappa shape index (κ3) is 5.43. The van der Waals surface area contributed by atoms with Crippen LogP contribution >= 0.6 is 0 Å². The summed E-state index contributed by atoms with van der Waals surface area (Å²) >= 11 is 0. The minimum absolute atomic E-state index is 0.241. The van der Waals surface area contributed by atoms with Gasteiger partial charge in [-0.1, -0.05) is 43.8 Å². The van der Waals surface area contributed by atoms with Gasteiger partial charge in [0.05, 0.1) is 0 Å². The van der Waals surface area contributed by atoms with Gasteiger partial charge in [0.2, 0.25) is 17.5 Å². The van der Waals surface area contributed by atoms with Crippen molar-refractivity contribution in [2.45, 2.75) is 74.5 Å². The highest BCUT2D eigenvalue weighted by Gasteiger charge is 2.85. The lowest BCUT2D eigenvalue weighted by atomic mass is 9.74. The summed E-state index contributed by atoms with van der Waals surface area (Å²) in [5.41, 5.74) is -6.25. The number of amides is 1. The molecular weight excluding hydrogens is 562 g/mol. The van der Waals surface area contributed by atoms with Crippen LogP contribution in [0.4, 0.5) is 4.79 Å². The Morgan fingerprint density at radius 2 is 1.71 bits per heavy atom. The number of alkyl carbamates (subject to hydrolysis) is 1. The van der Waals surface area contributed by atoms with Gasteiger partial charge in [0, 0.05) is 26.3 Å². The summed E-state index contributed by atoms with van der Waals surface area (Å²) in [5, 5.41) is 54.2. The van der Waals surface area contributed by atoms with E-state index in [-0.39, 0.29) is 17.9 Å². The number of esters is 1. The Kier molecular flexibility index (Phi) is 9.31. The van der Waals surface area contributed by atoms with Crippen molar-refractivity contribution in [3.63, 3.8) is 0 Å². The normalized spacial score (nSPS) is 31.3. The Balaban J connectivity index is 2.02. The number of aliphatic carboxylic acids is 3. The molecule has 0 saturated carbocycles. The predicted octanol–water partition coefficient (Wildman–Crippen LogP) is 0.0678. The zero-order valence-electron chi connectivity index (χ0n) is 23.0. The predicted molar refractivity (Wildman–Crippen MR) is 138 cm³/mol. The van der Waals surface area contributed by atoms with Gasteiger partial charge in [-0.15, -0.1) is 0 Å². The molecule has 2 bridgehead atoms.